The molecule has 0 spiro atoms. The van der Waals surface area contributed by atoms with Crippen LogP contribution < -0.4 is 29.6 Å². The van der Waals surface area contributed by atoms with E-state index in [9.17, 15) is 0 Å². The van der Waals surface area contributed by atoms with Crippen LogP contribution >= 0.6 is 0 Å². The van der Waals surface area contributed by atoms with Crippen molar-refractivity contribution in [2.75, 3.05) is 0 Å². The van der Waals surface area contributed by atoms with Gasteiger partial charge in [0.1, 0.15) is 0 Å². The predicted molar refractivity (Wildman–Crippen MR) is 124 cm³/mol. The second kappa shape index (κ2) is 17.5. The summed E-state index contributed by atoms with van der Waals surface area (Å²) in [6.45, 7) is 2.30. The third-order valence-electron chi connectivity index (χ3n) is 5.93. The van der Waals surface area contributed by atoms with Crippen LogP contribution in [0.4, 0.5) is 0 Å². The summed E-state index contributed by atoms with van der Waals surface area (Å²) in [6.07, 6.45) is 22.8. The maximum absolute atomic E-state index is 2.31. The summed E-state index contributed by atoms with van der Waals surface area (Å²) in [5, 5.41) is 2.83. The topological polar surface area (TPSA) is 0 Å². The molecule has 0 aliphatic rings. The van der Waals surface area contributed by atoms with Gasteiger partial charge in [-0.05, 0) is 29.2 Å². The van der Waals surface area contributed by atoms with E-state index < -0.39 is 0 Å². The third kappa shape index (κ3) is 11.0. The Labute approximate surface area is 198 Å². The van der Waals surface area contributed by atoms with Gasteiger partial charge in [-0.15, -0.1) is 0 Å². The molecule has 2 aromatic carbocycles. The van der Waals surface area contributed by atoms with Crippen LogP contribution in [0, 0.1) is 0 Å². The molecule has 0 heterocycles. The first kappa shape index (κ1) is 25.7. The van der Waals surface area contributed by atoms with E-state index in [4.69, 9.17) is 0 Å². The second-order valence-electron chi connectivity index (χ2n) is 8.34. The molecule has 0 unspecified atom stereocenters. The van der Waals surface area contributed by atoms with Crippen molar-refractivity contribution < 1.29 is 31.0 Å². The molecule has 0 amide bonds. The van der Waals surface area contributed by atoms with Crippen molar-refractivity contribution in [2.24, 2.45) is 0 Å². The van der Waals surface area contributed by atoms with Crippen molar-refractivity contribution in [1.29, 1.82) is 0 Å². The van der Waals surface area contributed by atoms with Gasteiger partial charge in [-0.25, -0.2) is 0 Å². The van der Waals surface area contributed by atoms with Crippen LogP contribution in [-0.4, -0.2) is 0 Å². The van der Waals surface area contributed by atoms with E-state index in [2.05, 4.69) is 49.4 Å². The third-order valence-corrected chi connectivity index (χ3v) is 5.93. The van der Waals surface area contributed by atoms with Crippen LogP contribution in [0.2, 0.25) is 0 Å². The molecule has 0 saturated heterocycles. The Kier molecular flexibility index (Phi) is 16.1. The summed E-state index contributed by atoms with van der Waals surface area (Å²) in [5.74, 6) is 0. The molecule has 152 valence electrons. The number of hydrogen-bond donors (Lipinski definition) is 0. The quantitative estimate of drug-likeness (QED) is 0.231. The van der Waals surface area contributed by atoms with Crippen molar-refractivity contribution in [3.63, 3.8) is 0 Å². The SMILES string of the molecule is CCCCCCCCCCCCCCCCCc1cccc2ccccc12.[H-].[Na+]. The second-order valence-corrected chi connectivity index (χ2v) is 8.34. The molecule has 2 aromatic rings. The van der Waals surface area contributed by atoms with E-state index in [-0.39, 0.29) is 31.0 Å². The van der Waals surface area contributed by atoms with Gasteiger partial charge in [-0.3, -0.25) is 0 Å². The number of hydrogen-bond acceptors (Lipinski definition) is 0. The Balaban J connectivity index is 0.00000392. The van der Waals surface area contributed by atoms with E-state index in [0.29, 0.717) is 0 Å². The molecule has 0 aromatic heterocycles. The minimum atomic E-state index is 0. The Morgan fingerprint density at radius 1 is 0.536 bits per heavy atom. The first-order chi connectivity index (χ1) is 13.4. The average Bonchev–Trinajstić information content (AvgIpc) is 2.71. The summed E-state index contributed by atoms with van der Waals surface area (Å²) in [7, 11) is 0. The molecule has 0 nitrogen and oxygen atoms in total. The molecule has 0 aliphatic carbocycles. The maximum Gasteiger partial charge on any atom is 1.00 e. The van der Waals surface area contributed by atoms with Crippen LogP contribution in [-0.2, 0) is 6.42 Å². The molecule has 0 atom stereocenters. The number of unbranched alkanes of at least 4 members (excludes halogenated alkanes) is 14. The number of benzene rings is 2. The van der Waals surface area contributed by atoms with Gasteiger partial charge in [0.05, 0.1) is 0 Å². The van der Waals surface area contributed by atoms with Crippen LogP contribution in [0.3, 0.4) is 0 Å². The van der Waals surface area contributed by atoms with Crippen molar-refractivity contribution in [1.82, 2.24) is 0 Å². The zero-order valence-corrected chi connectivity index (χ0v) is 20.9. The standard InChI is InChI=1S/C27H42.Na.H/c1-2-3-4-5-6-7-8-9-10-11-12-13-14-15-16-20-25-22-19-23-26-21-17-18-24-27(25)26;;/h17-19,21-24H,2-16,20H2,1H3;;/q;+1;-1. The van der Waals surface area contributed by atoms with Crippen LogP contribution in [0.15, 0.2) is 42.5 Å². The molecule has 0 radical (unpaired) electrons. The molecule has 2 rings (SSSR count). The van der Waals surface area contributed by atoms with E-state index >= 15 is 0 Å². The Morgan fingerprint density at radius 2 is 1.00 bits per heavy atom. The molecule has 0 fully saturated rings. The summed E-state index contributed by atoms with van der Waals surface area (Å²) in [5.41, 5.74) is 1.53. The first-order valence-electron chi connectivity index (χ1n) is 11.9. The fourth-order valence-electron chi connectivity index (χ4n) is 4.20. The van der Waals surface area contributed by atoms with Crippen molar-refractivity contribution in [2.45, 2.75) is 110 Å². The zero-order chi connectivity index (χ0) is 19.0. The van der Waals surface area contributed by atoms with Crippen LogP contribution in [0.25, 0.3) is 10.8 Å². The zero-order valence-electron chi connectivity index (χ0n) is 19.9. The smallest absolute Gasteiger partial charge is 1.00 e. The van der Waals surface area contributed by atoms with Crippen molar-refractivity contribution >= 4 is 10.8 Å². The molecular weight excluding hydrogens is 347 g/mol. The van der Waals surface area contributed by atoms with Crippen LogP contribution in [0.1, 0.15) is 110 Å². The first-order valence-corrected chi connectivity index (χ1v) is 11.9. The Morgan fingerprint density at radius 3 is 1.57 bits per heavy atom. The summed E-state index contributed by atoms with van der Waals surface area (Å²) in [4.78, 5) is 0. The number of aryl methyl sites for hydroxylation is 1. The molecule has 1 heteroatoms. The van der Waals surface area contributed by atoms with E-state index in [1.54, 1.807) is 0 Å². The largest absolute Gasteiger partial charge is 1.00 e. The Hall–Kier alpha value is -0.300. The van der Waals surface area contributed by atoms with Gasteiger partial charge in [0.15, 0.2) is 0 Å². The summed E-state index contributed by atoms with van der Waals surface area (Å²) in [6, 6.07) is 15.6. The van der Waals surface area contributed by atoms with Gasteiger partial charge < -0.3 is 1.43 Å². The summed E-state index contributed by atoms with van der Waals surface area (Å²) >= 11 is 0. The fourth-order valence-corrected chi connectivity index (χ4v) is 4.20. The molecule has 0 aliphatic heterocycles. The summed E-state index contributed by atoms with van der Waals surface area (Å²) < 4.78 is 0. The van der Waals surface area contributed by atoms with Gasteiger partial charge in [-0.2, -0.15) is 0 Å². The minimum absolute atomic E-state index is 0. The average molecular weight is 391 g/mol. The molecule has 0 bridgehead atoms. The number of fused-ring (bicyclic) bond motifs is 1. The monoisotopic (exact) mass is 390 g/mol. The van der Waals surface area contributed by atoms with Gasteiger partial charge in [0.2, 0.25) is 0 Å². The van der Waals surface area contributed by atoms with Crippen LogP contribution in [0.5, 0.6) is 0 Å². The van der Waals surface area contributed by atoms with E-state index in [1.807, 2.05) is 0 Å². The minimum Gasteiger partial charge on any atom is -1.00 e. The maximum atomic E-state index is 2.31. The van der Waals surface area contributed by atoms with E-state index in [0.717, 1.165) is 0 Å². The van der Waals surface area contributed by atoms with Gasteiger partial charge in [0, 0.05) is 0 Å². The normalized spacial score (nSPS) is 10.9. The van der Waals surface area contributed by atoms with E-state index in [1.165, 1.54) is 119 Å². The van der Waals surface area contributed by atoms with Gasteiger partial charge in [-0.1, -0.05) is 139 Å². The molecule has 28 heavy (non-hydrogen) atoms. The van der Waals surface area contributed by atoms with Crippen molar-refractivity contribution in [3.05, 3.63) is 48.0 Å². The fraction of sp³-hybridized carbons (Fsp3) is 0.630. The van der Waals surface area contributed by atoms with Gasteiger partial charge >= 0.3 is 29.6 Å². The molecule has 0 N–H and O–H groups in total. The molecule has 0 saturated carbocycles. The molecular formula is C27H43Na. The Bertz CT molecular complexity index is 605. The predicted octanol–water partition coefficient (Wildman–Crippen LogP) is 6.37. The van der Waals surface area contributed by atoms with Gasteiger partial charge in [0.25, 0.3) is 0 Å². The number of rotatable bonds is 16. The van der Waals surface area contributed by atoms with Crippen molar-refractivity contribution in [3.8, 4) is 0 Å².